The zero-order valence-electron chi connectivity index (χ0n) is 19.0. The molecule has 0 bridgehead atoms. The maximum atomic E-state index is 12.9. The molecule has 0 radical (unpaired) electrons. The Morgan fingerprint density at radius 3 is 2.84 bits per heavy atom. The lowest BCUT2D eigenvalue weighted by Crippen LogP contribution is -2.50. The summed E-state index contributed by atoms with van der Waals surface area (Å²) >= 11 is 0. The van der Waals surface area contributed by atoms with Gasteiger partial charge in [-0.25, -0.2) is 0 Å². The van der Waals surface area contributed by atoms with E-state index in [9.17, 15) is 4.79 Å². The number of anilines is 1. The van der Waals surface area contributed by atoms with Gasteiger partial charge >= 0.3 is 5.97 Å². The largest absolute Gasteiger partial charge is 0.497 e. The number of rotatable bonds is 4. The van der Waals surface area contributed by atoms with Gasteiger partial charge in [-0.1, -0.05) is 25.1 Å². The van der Waals surface area contributed by atoms with Crippen molar-refractivity contribution >= 4 is 11.7 Å². The minimum Gasteiger partial charge on any atom is -0.497 e. The Kier molecular flexibility index (Phi) is 5.49. The van der Waals surface area contributed by atoms with Crippen LogP contribution >= 0.6 is 0 Å². The number of carbonyl (C=O) groups is 1. The third-order valence-corrected chi connectivity index (χ3v) is 8.57. The van der Waals surface area contributed by atoms with Gasteiger partial charge < -0.3 is 14.4 Å². The van der Waals surface area contributed by atoms with E-state index in [0.29, 0.717) is 11.8 Å². The van der Waals surface area contributed by atoms with Crippen LogP contribution in [-0.4, -0.2) is 56.8 Å². The van der Waals surface area contributed by atoms with Gasteiger partial charge in [-0.2, -0.15) is 0 Å². The number of benzene rings is 1. The normalized spacial score (nSPS) is 36.0. The maximum Gasteiger partial charge on any atom is 0.310 e. The molecule has 4 fully saturated rings. The van der Waals surface area contributed by atoms with Crippen molar-refractivity contribution in [2.75, 3.05) is 44.7 Å². The molecule has 0 unspecified atom stereocenters. The Balaban J connectivity index is 1.22. The van der Waals surface area contributed by atoms with Crippen molar-refractivity contribution in [1.82, 2.24) is 4.90 Å². The molecule has 2 aliphatic heterocycles. The van der Waals surface area contributed by atoms with E-state index in [1.807, 2.05) is 12.1 Å². The highest BCUT2D eigenvalue weighted by atomic mass is 16.6. The van der Waals surface area contributed by atoms with E-state index in [0.717, 1.165) is 57.7 Å². The fourth-order valence-corrected chi connectivity index (χ4v) is 6.74. The summed E-state index contributed by atoms with van der Waals surface area (Å²) < 4.78 is 11.3. The Hall–Kier alpha value is -2.01. The first-order chi connectivity index (χ1) is 15.0. The van der Waals surface area contributed by atoms with Crippen molar-refractivity contribution in [2.45, 2.75) is 45.1 Å². The zero-order valence-corrected chi connectivity index (χ0v) is 19.0. The highest BCUT2D eigenvalue weighted by molar-refractivity contribution is 5.75. The Labute approximate surface area is 186 Å². The van der Waals surface area contributed by atoms with Crippen LogP contribution in [0.4, 0.5) is 5.69 Å². The summed E-state index contributed by atoms with van der Waals surface area (Å²) in [5, 5.41) is 0. The second-order valence-electron chi connectivity index (χ2n) is 10.4. The molecular formula is C26H36N2O3. The maximum absolute atomic E-state index is 12.9. The second kappa shape index (κ2) is 8.16. The van der Waals surface area contributed by atoms with Gasteiger partial charge in [0.15, 0.2) is 0 Å². The lowest BCUT2D eigenvalue weighted by molar-refractivity contribution is -0.146. The predicted molar refractivity (Wildman–Crippen MR) is 122 cm³/mol. The van der Waals surface area contributed by atoms with Crippen molar-refractivity contribution in [2.24, 2.45) is 23.2 Å². The highest BCUT2D eigenvalue weighted by Gasteiger charge is 2.55. The van der Waals surface area contributed by atoms with Crippen LogP contribution < -0.4 is 9.64 Å². The van der Waals surface area contributed by atoms with Crippen molar-refractivity contribution < 1.29 is 14.3 Å². The quantitative estimate of drug-likeness (QED) is 0.537. The standard InChI is InChI=1S/C26H36N2O3/c1-18-6-5-9-26(2)16-24-21(15-23(18)26)22(25(29)31-24)17-27-10-12-28(13-11-27)19-7-4-8-20(14-19)30-3/h4,7-8,14,21-24H,1,5-6,9-13,15-17H2,2-3H3/t21-,22-,23+,24-,26-/m1/s1. The van der Waals surface area contributed by atoms with Gasteiger partial charge in [0, 0.05) is 50.4 Å². The van der Waals surface area contributed by atoms with Gasteiger partial charge in [-0.3, -0.25) is 9.69 Å². The van der Waals surface area contributed by atoms with Gasteiger partial charge in [-0.15, -0.1) is 0 Å². The number of nitrogens with zero attached hydrogens (tertiary/aromatic N) is 2. The lowest BCUT2D eigenvalue weighted by Gasteiger charge is -2.50. The molecular weight excluding hydrogens is 388 g/mol. The van der Waals surface area contributed by atoms with Crippen LogP contribution in [0, 0.1) is 23.2 Å². The molecule has 5 rings (SSSR count). The van der Waals surface area contributed by atoms with E-state index in [1.54, 1.807) is 7.11 Å². The molecule has 4 aliphatic rings. The Bertz CT molecular complexity index is 847. The van der Waals surface area contributed by atoms with E-state index in [1.165, 1.54) is 24.1 Å². The molecule has 2 heterocycles. The van der Waals surface area contributed by atoms with E-state index < -0.39 is 0 Å². The molecule has 1 aromatic carbocycles. The molecule has 2 saturated carbocycles. The monoisotopic (exact) mass is 424 g/mol. The van der Waals surface area contributed by atoms with Crippen LogP contribution in [0.2, 0.25) is 0 Å². The molecule has 5 heteroatoms. The number of allylic oxidation sites excluding steroid dienone is 1. The molecule has 2 saturated heterocycles. The Morgan fingerprint density at radius 1 is 1.26 bits per heavy atom. The van der Waals surface area contributed by atoms with E-state index in [4.69, 9.17) is 9.47 Å². The van der Waals surface area contributed by atoms with E-state index in [2.05, 4.69) is 35.4 Å². The number of esters is 1. The Morgan fingerprint density at radius 2 is 2.06 bits per heavy atom. The third-order valence-electron chi connectivity index (χ3n) is 8.57. The summed E-state index contributed by atoms with van der Waals surface area (Å²) in [6.45, 7) is 11.6. The van der Waals surface area contributed by atoms with E-state index >= 15 is 0 Å². The van der Waals surface area contributed by atoms with Gasteiger partial charge in [0.25, 0.3) is 0 Å². The van der Waals surface area contributed by atoms with E-state index in [-0.39, 0.29) is 23.4 Å². The number of methoxy groups -OCH3 is 1. The van der Waals surface area contributed by atoms with Gasteiger partial charge in [0.2, 0.25) is 0 Å². The van der Waals surface area contributed by atoms with Crippen molar-refractivity contribution in [3.05, 3.63) is 36.4 Å². The SMILES string of the molecule is C=C1CCC[C@]2(C)C[C@H]3OC(=O)[C@H](CN4CCN(c5cccc(OC)c5)CC4)[C@H]3C[C@@H]12. The molecule has 1 aromatic rings. The molecule has 2 aliphatic carbocycles. The zero-order chi connectivity index (χ0) is 21.6. The van der Waals surface area contributed by atoms with Crippen molar-refractivity contribution in [3.63, 3.8) is 0 Å². The smallest absolute Gasteiger partial charge is 0.310 e. The van der Waals surface area contributed by atoms with Gasteiger partial charge in [0.1, 0.15) is 11.9 Å². The minimum absolute atomic E-state index is 0.0210. The van der Waals surface area contributed by atoms with Crippen LogP contribution in [0.15, 0.2) is 36.4 Å². The molecule has 5 nitrogen and oxygen atoms in total. The first kappa shape index (κ1) is 20.9. The summed E-state index contributed by atoms with van der Waals surface area (Å²) in [4.78, 5) is 17.7. The lowest BCUT2D eigenvalue weighted by atomic mass is 9.55. The summed E-state index contributed by atoms with van der Waals surface area (Å²) in [5.41, 5.74) is 2.90. The van der Waals surface area contributed by atoms with Crippen LogP contribution in [0.25, 0.3) is 0 Å². The number of fused-ring (bicyclic) bond motifs is 2. The number of ether oxygens (including phenoxy) is 2. The topological polar surface area (TPSA) is 42.0 Å². The van der Waals surface area contributed by atoms with Crippen LogP contribution in [0.1, 0.15) is 39.0 Å². The van der Waals surface area contributed by atoms with Crippen molar-refractivity contribution in [3.8, 4) is 5.75 Å². The second-order valence-corrected chi connectivity index (χ2v) is 10.4. The molecule has 0 spiro atoms. The summed E-state index contributed by atoms with van der Waals surface area (Å²) in [7, 11) is 1.71. The summed E-state index contributed by atoms with van der Waals surface area (Å²) in [6, 6.07) is 8.28. The molecule has 0 N–H and O–H groups in total. The summed E-state index contributed by atoms with van der Waals surface area (Å²) in [5.74, 6) is 1.88. The summed E-state index contributed by atoms with van der Waals surface area (Å²) in [6.07, 6.45) is 5.85. The highest BCUT2D eigenvalue weighted by Crippen LogP contribution is 2.56. The van der Waals surface area contributed by atoms with Crippen LogP contribution in [-0.2, 0) is 9.53 Å². The number of piperazine rings is 1. The van der Waals surface area contributed by atoms with Gasteiger partial charge in [0.05, 0.1) is 13.0 Å². The number of carbonyl (C=O) groups excluding carboxylic acids is 1. The predicted octanol–water partition coefficient (Wildman–Crippen LogP) is 4.13. The van der Waals surface area contributed by atoms with Crippen molar-refractivity contribution in [1.29, 1.82) is 0 Å². The first-order valence-electron chi connectivity index (χ1n) is 12.0. The average Bonchev–Trinajstić information content (AvgIpc) is 3.06. The molecule has 0 aromatic heterocycles. The van der Waals surface area contributed by atoms with Crippen LogP contribution in [0.5, 0.6) is 5.75 Å². The minimum atomic E-state index is 0.0210. The molecule has 0 amide bonds. The average molecular weight is 425 g/mol. The molecule has 31 heavy (non-hydrogen) atoms. The molecule has 168 valence electrons. The fourth-order valence-electron chi connectivity index (χ4n) is 6.74. The molecule has 5 atom stereocenters. The van der Waals surface area contributed by atoms with Gasteiger partial charge in [-0.05, 0) is 55.6 Å². The fraction of sp³-hybridized carbons (Fsp3) is 0.654. The third kappa shape index (κ3) is 3.86. The number of hydrogen-bond acceptors (Lipinski definition) is 5. The number of hydrogen-bond donors (Lipinski definition) is 0. The first-order valence-corrected chi connectivity index (χ1v) is 12.0. The van der Waals surface area contributed by atoms with Crippen LogP contribution in [0.3, 0.4) is 0 Å².